The van der Waals surface area contributed by atoms with E-state index in [1.807, 2.05) is 13.1 Å². The third-order valence-electron chi connectivity index (χ3n) is 5.04. The Balaban J connectivity index is 1.79. The first-order chi connectivity index (χ1) is 12.6. The average molecular weight is 359 g/mol. The van der Waals surface area contributed by atoms with Crippen molar-refractivity contribution in [3.05, 3.63) is 29.2 Å². The predicted molar refractivity (Wildman–Crippen MR) is 101 cm³/mol. The number of carbonyl (C=O) groups is 1. The number of amides is 1. The molecule has 26 heavy (non-hydrogen) atoms. The minimum atomic E-state index is 0.0305. The fourth-order valence-electron chi connectivity index (χ4n) is 3.52. The maximum atomic E-state index is 11.6. The molecule has 1 saturated heterocycles. The topological polar surface area (TPSA) is 70.6 Å². The summed E-state index contributed by atoms with van der Waals surface area (Å²) < 4.78 is 5.58. The highest BCUT2D eigenvalue weighted by atomic mass is 16.5. The number of nitrogens with zero attached hydrogens (tertiary/aromatic N) is 4. The summed E-state index contributed by atoms with van der Waals surface area (Å²) in [4.78, 5) is 25.2. The fraction of sp³-hybridized carbons (Fsp3) is 0.632. The van der Waals surface area contributed by atoms with Gasteiger partial charge in [-0.05, 0) is 31.4 Å². The van der Waals surface area contributed by atoms with Gasteiger partial charge in [-0.3, -0.25) is 9.69 Å². The van der Waals surface area contributed by atoms with E-state index < -0.39 is 0 Å². The molecule has 1 unspecified atom stereocenters. The zero-order chi connectivity index (χ0) is 18.5. The Morgan fingerprint density at radius 2 is 2.31 bits per heavy atom. The first-order valence-electron chi connectivity index (χ1n) is 9.34. The maximum Gasteiger partial charge on any atom is 0.219 e. The van der Waals surface area contributed by atoms with Crippen molar-refractivity contribution in [2.24, 2.45) is 0 Å². The molecule has 0 saturated carbocycles. The lowest BCUT2D eigenvalue weighted by atomic mass is 10.1. The van der Waals surface area contributed by atoms with Gasteiger partial charge in [0, 0.05) is 33.6 Å². The summed E-state index contributed by atoms with van der Waals surface area (Å²) in [5, 5.41) is 3.13. The van der Waals surface area contributed by atoms with Gasteiger partial charge in [0.2, 0.25) is 5.91 Å². The second kappa shape index (κ2) is 8.60. The quantitative estimate of drug-likeness (QED) is 0.783. The van der Waals surface area contributed by atoms with Gasteiger partial charge in [-0.1, -0.05) is 6.08 Å². The van der Waals surface area contributed by atoms with Crippen molar-refractivity contribution in [2.45, 2.75) is 38.8 Å². The second-order valence-corrected chi connectivity index (χ2v) is 7.06. The zero-order valence-electron chi connectivity index (χ0n) is 16.0. The molecule has 3 rings (SSSR count). The number of rotatable bonds is 6. The van der Waals surface area contributed by atoms with Crippen LogP contribution in [0.5, 0.6) is 0 Å². The van der Waals surface area contributed by atoms with Crippen LogP contribution >= 0.6 is 0 Å². The highest BCUT2D eigenvalue weighted by Gasteiger charge is 2.29. The fourth-order valence-corrected chi connectivity index (χ4v) is 3.52. The minimum absolute atomic E-state index is 0.0305. The maximum absolute atomic E-state index is 11.6. The lowest BCUT2D eigenvalue weighted by molar-refractivity contribution is -0.128. The van der Waals surface area contributed by atoms with Crippen molar-refractivity contribution < 1.29 is 9.53 Å². The van der Waals surface area contributed by atoms with Crippen molar-refractivity contribution >= 4 is 11.7 Å². The number of nitrogens with one attached hydrogen (secondary N) is 1. The standard InChI is InChI=1S/C19H29N5O2/c1-14(25)23(3)12-16-10-18(20-2)22-19(21-16)17-7-4-8-24(17)11-15-6-5-9-26-13-15/h6,10,17H,4-5,7-9,11-13H2,1-3H3,(H,20,21,22). The van der Waals surface area contributed by atoms with Crippen LogP contribution in [0.2, 0.25) is 0 Å². The smallest absolute Gasteiger partial charge is 0.219 e. The first kappa shape index (κ1) is 18.8. The van der Waals surface area contributed by atoms with E-state index in [0.717, 1.165) is 62.9 Å². The van der Waals surface area contributed by atoms with Gasteiger partial charge >= 0.3 is 0 Å². The molecule has 1 aromatic rings. The third kappa shape index (κ3) is 4.59. The molecule has 3 heterocycles. The molecule has 2 aliphatic heterocycles. The van der Waals surface area contributed by atoms with Crippen LogP contribution in [0, 0.1) is 0 Å². The Bertz CT molecular complexity index is 676. The molecule has 1 amide bonds. The number of anilines is 1. The molecule has 0 aliphatic carbocycles. The summed E-state index contributed by atoms with van der Waals surface area (Å²) in [7, 11) is 3.65. The lowest BCUT2D eigenvalue weighted by Crippen LogP contribution is -2.29. The van der Waals surface area contributed by atoms with Crippen LogP contribution in [0.3, 0.4) is 0 Å². The Hall–Kier alpha value is -1.99. The molecule has 1 aromatic heterocycles. The van der Waals surface area contributed by atoms with Crippen LogP contribution in [-0.4, -0.2) is 66.1 Å². The molecular formula is C19H29N5O2. The van der Waals surface area contributed by atoms with E-state index in [9.17, 15) is 4.79 Å². The Labute approximate surface area is 155 Å². The Kier molecular flexibility index (Phi) is 6.21. The van der Waals surface area contributed by atoms with Gasteiger partial charge in [0.15, 0.2) is 0 Å². The number of aromatic nitrogens is 2. The van der Waals surface area contributed by atoms with Crippen LogP contribution in [0.4, 0.5) is 5.82 Å². The van der Waals surface area contributed by atoms with Gasteiger partial charge in [0.05, 0.1) is 31.5 Å². The first-order valence-corrected chi connectivity index (χ1v) is 9.34. The van der Waals surface area contributed by atoms with Crippen molar-refractivity contribution in [3.8, 4) is 0 Å². The molecule has 0 aromatic carbocycles. The molecule has 142 valence electrons. The highest BCUT2D eigenvalue weighted by Crippen LogP contribution is 2.31. The van der Waals surface area contributed by atoms with Crippen molar-refractivity contribution in [3.63, 3.8) is 0 Å². The summed E-state index contributed by atoms with van der Waals surface area (Å²) in [5.74, 6) is 1.68. The third-order valence-corrected chi connectivity index (χ3v) is 5.04. The summed E-state index contributed by atoms with van der Waals surface area (Å²) in [6.07, 6.45) is 5.51. The van der Waals surface area contributed by atoms with Gasteiger partial charge in [-0.15, -0.1) is 0 Å². The number of carbonyl (C=O) groups excluding carboxylic acids is 1. The van der Waals surface area contributed by atoms with Gasteiger partial charge in [-0.2, -0.15) is 0 Å². The van der Waals surface area contributed by atoms with E-state index in [2.05, 4.69) is 16.3 Å². The Morgan fingerprint density at radius 3 is 3.00 bits per heavy atom. The molecule has 2 aliphatic rings. The van der Waals surface area contributed by atoms with E-state index >= 15 is 0 Å². The van der Waals surface area contributed by atoms with E-state index in [1.54, 1.807) is 18.9 Å². The van der Waals surface area contributed by atoms with Crippen LogP contribution in [0.1, 0.15) is 43.7 Å². The number of ether oxygens (including phenoxy) is 1. The summed E-state index contributed by atoms with van der Waals surface area (Å²) in [6.45, 7) is 5.59. The van der Waals surface area contributed by atoms with Crippen molar-refractivity contribution in [2.75, 3.05) is 45.7 Å². The molecule has 1 fully saturated rings. The second-order valence-electron chi connectivity index (χ2n) is 7.06. The van der Waals surface area contributed by atoms with Crippen LogP contribution in [0.15, 0.2) is 17.7 Å². The zero-order valence-corrected chi connectivity index (χ0v) is 16.0. The lowest BCUT2D eigenvalue weighted by Gasteiger charge is -2.26. The van der Waals surface area contributed by atoms with Crippen LogP contribution in [-0.2, 0) is 16.1 Å². The minimum Gasteiger partial charge on any atom is -0.377 e. The summed E-state index contributed by atoms with van der Waals surface area (Å²) in [5.41, 5.74) is 2.22. The van der Waals surface area contributed by atoms with Gasteiger partial charge in [-0.25, -0.2) is 9.97 Å². The van der Waals surface area contributed by atoms with Crippen LogP contribution < -0.4 is 5.32 Å². The van der Waals surface area contributed by atoms with Gasteiger partial charge in [0.25, 0.3) is 0 Å². The summed E-state index contributed by atoms with van der Waals surface area (Å²) in [6, 6.07) is 2.13. The molecular weight excluding hydrogens is 330 g/mol. The van der Waals surface area contributed by atoms with Gasteiger partial charge in [0.1, 0.15) is 11.6 Å². The molecule has 7 nitrogen and oxygen atoms in total. The molecule has 1 N–H and O–H groups in total. The number of hydrogen-bond donors (Lipinski definition) is 1. The van der Waals surface area contributed by atoms with E-state index in [-0.39, 0.29) is 11.9 Å². The largest absolute Gasteiger partial charge is 0.377 e. The van der Waals surface area contributed by atoms with E-state index in [4.69, 9.17) is 14.7 Å². The van der Waals surface area contributed by atoms with Crippen LogP contribution in [0.25, 0.3) is 0 Å². The average Bonchev–Trinajstić information content (AvgIpc) is 3.10. The van der Waals surface area contributed by atoms with Crippen molar-refractivity contribution in [1.82, 2.24) is 19.8 Å². The monoisotopic (exact) mass is 359 g/mol. The van der Waals surface area contributed by atoms with E-state index in [0.29, 0.717) is 6.54 Å². The molecule has 7 heteroatoms. The molecule has 0 bridgehead atoms. The Morgan fingerprint density at radius 1 is 1.46 bits per heavy atom. The van der Waals surface area contributed by atoms with Crippen molar-refractivity contribution in [1.29, 1.82) is 0 Å². The predicted octanol–water partition coefficient (Wildman–Crippen LogP) is 1.98. The molecule has 0 spiro atoms. The number of hydrogen-bond acceptors (Lipinski definition) is 6. The summed E-state index contributed by atoms with van der Waals surface area (Å²) >= 11 is 0. The highest BCUT2D eigenvalue weighted by molar-refractivity contribution is 5.72. The van der Waals surface area contributed by atoms with E-state index in [1.165, 1.54) is 5.57 Å². The SMILES string of the molecule is CNc1cc(CN(C)C(C)=O)nc(C2CCCN2CC2=CCCOC2)n1. The van der Waals surface area contributed by atoms with Gasteiger partial charge < -0.3 is 15.0 Å². The number of likely N-dealkylation sites (tertiary alicyclic amines) is 1. The molecule has 1 atom stereocenters. The normalized spacial score (nSPS) is 20.7. The molecule has 0 radical (unpaired) electrons.